The minimum absolute atomic E-state index is 0.0463. The van der Waals surface area contributed by atoms with E-state index in [1.165, 1.54) is 13.2 Å². The van der Waals surface area contributed by atoms with Crippen LogP contribution in [0, 0.1) is 5.92 Å². The molecular weight excluding hydrogens is 484 g/mol. The van der Waals surface area contributed by atoms with Crippen LogP contribution in [0.4, 0.5) is 5.69 Å². The zero-order chi connectivity index (χ0) is 25.5. The lowest BCUT2D eigenvalue weighted by atomic mass is 9.86. The summed E-state index contributed by atoms with van der Waals surface area (Å²) >= 11 is 6.08. The van der Waals surface area contributed by atoms with Crippen LogP contribution in [0.3, 0.4) is 0 Å². The maximum absolute atomic E-state index is 12.7. The van der Waals surface area contributed by atoms with Gasteiger partial charge < -0.3 is 25.3 Å². The molecule has 200 valence electrons. The number of nitrogens with two attached hydrogens (primary N) is 1. The molecule has 5 rings (SSSR count). The molecule has 4 aliphatic rings. The second kappa shape index (κ2) is 12.9. The van der Waals surface area contributed by atoms with Crippen molar-refractivity contribution in [2.45, 2.75) is 50.7 Å². The minimum atomic E-state index is -0.278. The minimum Gasteiger partial charge on any atom is -0.496 e. The fraction of sp³-hybridized carbons (Fsp3) is 0.692. The van der Waals surface area contributed by atoms with Gasteiger partial charge in [-0.1, -0.05) is 18.0 Å². The van der Waals surface area contributed by atoms with Gasteiger partial charge in [0.1, 0.15) is 11.9 Å². The van der Waals surface area contributed by atoms with Crippen molar-refractivity contribution in [2.24, 2.45) is 5.92 Å². The van der Waals surface area contributed by atoms with Crippen LogP contribution in [0.1, 0.15) is 48.9 Å². The third-order valence-corrected chi connectivity index (χ3v) is 7.84. The lowest BCUT2D eigenvalue weighted by Crippen LogP contribution is -2.51. The van der Waals surface area contributed by atoms with Crippen LogP contribution in [0.5, 0.6) is 5.75 Å². The molecular formula is C26H39ClN4O5. The number of methoxy groups -OCH3 is 1. The van der Waals surface area contributed by atoms with Crippen LogP contribution in [-0.2, 0) is 14.3 Å². The Balaban J connectivity index is 1.11. The number of carbonyl (C=O) groups excluding carboxylic acids is 2. The Hall–Kier alpha value is -2.07. The number of hydrogen-bond donors (Lipinski definition) is 2. The number of fused-ring (bicyclic) bond motifs is 3. The van der Waals surface area contributed by atoms with Gasteiger partial charge in [-0.25, -0.2) is 0 Å². The smallest absolute Gasteiger partial charge is 0.306 e. The number of rotatable bonds is 11. The van der Waals surface area contributed by atoms with Gasteiger partial charge in [-0.2, -0.15) is 0 Å². The van der Waals surface area contributed by atoms with Crippen molar-refractivity contribution >= 4 is 29.2 Å². The number of unbranched alkanes of at least 4 members (excludes halogenated alkanes) is 2. The van der Waals surface area contributed by atoms with Crippen molar-refractivity contribution in [1.29, 1.82) is 0 Å². The first kappa shape index (κ1) is 27.0. The summed E-state index contributed by atoms with van der Waals surface area (Å²) < 4.78 is 16.9. The van der Waals surface area contributed by atoms with Gasteiger partial charge in [0.2, 0.25) is 0 Å². The maximum atomic E-state index is 12.7. The monoisotopic (exact) mass is 522 g/mol. The molecule has 9 nitrogen and oxygen atoms in total. The largest absolute Gasteiger partial charge is 0.496 e. The van der Waals surface area contributed by atoms with Crippen LogP contribution in [0.2, 0.25) is 5.02 Å². The van der Waals surface area contributed by atoms with E-state index < -0.39 is 0 Å². The molecule has 2 unspecified atom stereocenters. The van der Waals surface area contributed by atoms with E-state index in [0.29, 0.717) is 47.5 Å². The molecule has 2 atom stereocenters. The van der Waals surface area contributed by atoms with Crippen LogP contribution >= 0.6 is 11.6 Å². The van der Waals surface area contributed by atoms with Gasteiger partial charge in [-0.15, -0.1) is 0 Å². The number of morpholine rings is 1. The van der Waals surface area contributed by atoms with E-state index in [1.54, 1.807) is 6.07 Å². The van der Waals surface area contributed by atoms with Crippen molar-refractivity contribution in [3.63, 3.8) is 0 Å². The van der Waals surface area contributed by atoms with Gasteiger partial charge >= 0.3 is 5.97 Å². The molecule has 2 bridgehead atoms. The SMILES string of the molecule is COc1cc(N)c(Cl)cc1C(=O)NCC1CN(CCCCCC(=O)OC2CN3CCC2CC3)CCO1. The van der Waals surface area contributed by atoms with E-state index in [9.17, 15) is 9.59 Å². The highest BCUT2D eigenvalue weighted by Gasteiger charge is 2.36. The molecule has 1 aromatic carbocycles. The lowest BCUT2D eigenvalue weighted by molar-refractivity contribution is -0.158. The number of halogens is 1. The predicted molar refractivity (Wildman–Crippen MR) is 138 cm³/mol. The van der Waals surface area contributed by atoms with Gasteiger partial charge in [-0.3, -0.25) is 19.4 Å². The van der Waals surface area contributed by atoms with Crippen LogP contribution in [0.15, 0.2) is 12.1 Å². The van der Waals surface area contributed by atoms with Crippen molar-refractivity contribution in [3.05, 3.63) is 22.7 Å². The Morgan fingerprint density at radius 2 is 1.97 bits per heavy atom. The molecule has 1 aromatic rings. The summed E-state index contributed by atoms with van der Waals surface area (Å²) in [7, 11) is 1.49. The number of benzene rings is 1. The molecule has 4 aliphatic heterocycles. The van der Waals surface area contributed by atoms with E-state index >= 15 is 0 Å². The molecule has 36 heavy (non-hydrogen) atoms. The van der Waals surface area contributed by atoms with E-state index in [2.05, 4.69) is 15.1 Å². The van der Waals surface area contributed by atoms with E-state index in [4.69, 9.17) is 31.5 Å². The van der Waals surface area contributed by atoms with E-state index in [1.807, 2.05) is 0 Å². The second-order valence-electron chi connectivity index (χ2n) is 10.1. The van der Waals surface area contributed by atoms with Gasteiger partial charge in [-0.05, 0) is 57.3 Å². The summed E-state index contributed by atoms with van der Waals surface area (Å²) in [5.74, 6) is 0.618. The standard InChI is InChI=1S/C26H39ClN4O5/c1-34-23-14-22(28)21(27)13-20(23)26(33)29-15-19-16-30(11-12-35-19)8-4-2-3-5-25(32)36-24-17-31-9-6-18(24)7-10-31/h13-14,18-19,24H,2-12,15-17,28H2,1H3,(H,29,33). The number of carbonyl (C=O) groups is 2. The van der Waals surface area contributed by atoms with Crippen molar-refractivity contribution in [3.8, 4) is 5.75 Å². The molecule has 4 heterocycles. The average molecular weight is 523 g/mol. The fourth-order valence-corrected chi connectivity index (χ4v) is 5.54. The second-order valence-corrected chi connectivity index (χ2v) is 10.5. The summed E-state index contributed by atoms with van der Waals surface area (Å²) in [6.07, 6.45) is 5.70. The zero-order valence-electron chi connectivity index (χ0n) is 21.2. The lowest BCUT2D eigenvalue weighted by Gasteiger charge is -2.43. The molecule has 4 saturated heterocycles. The summed E-state index contributed by atoms with van der Waals surface area (Å²) in [5.41, 5.74) is 6.51. The average Bonchev–Trinajstić information content (AvgIpc) is 2.89. The number of nitrogen functional groups attached to an aromatic ring is 1. The highest BCUT2D eigenvalue weighted by Crippen LogP contribution is 2.30. The fourth-order valence-electron chi connectivity index (χ4n) is 5.38. The number of amides is 1. The Bertz CT molecular complexity index is 909. The summed E-state index contributed by atoms with van der Waals surface area (Å²) in [4.78, 5) is 29.7. The number of esters is 1. The van der Waals surface area contributed by atoms with Crippen LogP contribution < -0.4 is 15.8 Å². The first-order valence-corrected chi connectivity index (χ1v) is 13.5. The molecule has 0 aliphatic carbocycles. The van der Waals surface area contributed by atoms with Crippen LogP contribution in [-0.4, -0.2) is 93.4 Å². The van der Waals surface area contributed by atoms with Crippen LogP contribution in [0.25, 0.3) is 0 Å². The van der Waals surface area contributed by atoms with Gasteiger partial charge in [0.25, 0.3) is 5.91 Å². The topological polar surface area (TPSA) is 106 Å². The third-order valence-electron chi connectivity index (χ3n) is 7.51. The van der Waals surface area contributed by atoms with Gasteiger partial charge in [0.05, 0.1) is 36.1 Å². The zero-order valence-corrected chi connectivity index (χ0v) is 21.9. The summed E-state index contributed by atoms with van der Waals surface area (Å²) in [6.45, 7) is 6.81. The molecule has 0 saturated carbocycles. The van der Waals surface area contributed by atoms with Crippen molar-refractivity contribution in [1.82, 2.24) is 15.1 Å². The quantitative estimate of drug-likeness (QED) is 0.259. The molecule has 1 amide bonds. The first-order valence-electron chi connectivity index (χ1n) is 13.1. The van der Waals surface area contributed by atoms with E-state index in [-0.39, 0.29) is 24.1 Å². The number of anilines is 1. The number of piperidine rings is 3. The Labute approximate surface area is 218 Å². The van der Waals surface area contributed by atoms with Gasteiger partial charge in [0.15, 0.2) is 0 Å². The molecule has 0 radical (unpaired) electrons. The molecule has 0 aromatic heterocycles. The summed E-state index contributed by atoms with van der Waals surface area (Å²) in [5, 5.41) is 3.23. The molecule has 10 heteroatoms. The van der Waals surface area contributed by atoms with Crippen molar-refractivity contribution < 1.29 is 23.8 Å². The number of nitrogens with one attached hydrogen (secondary N) is 1. The Morgan fingerprint density at radius 1 is 1.17 bits per heavy atom. The summed E-state index contributed by atoms with van der Waals surface area (Å²) in [6, 6.07) is 3.07. The number of nitrogens with zero attached hydrogens (tertiary/aromatic N) is 2. The third kappa shape index (κ3) is 7.25. The molecule has 4 fully saturated rings. The predicted octanol–water partition coefficient (Wildman–Crippen LogP) is 2.56. The Morgan fingerprint density at radius 3 is 2.69 bits per heavy atom. The van der Waals surface area contributed by atoms with E-state index in [0.717, 1.165) is 71.4 Å². The molecule has 0 spiro atoms. The first-order chi connectivity index (χ1) is 17.4. The van der Waals surface area contributed by atoms with Crippen molar-refractivity contribution in [2.75, 3.05) is 65.3 Å². The number of hydrogen-bond acceptors (Lipinski definition) is 8. The highest BCUT2D eigenvalue weighted by molar-refractivity contribution is 6.33. The Kier molecular flexibility index (Phi) is 9.70. The number of ether oxygens (including phenoxy) is 3. The normalized spacial score (nSPS) is 25.9. The van der Waals surface area contributed by atoms with Gasteiger partial charge in [0, 0.05) is 38.7 Å². The maximum Gasteiger partial charge on any atom is 0.306 e. The highest BCUT2D eigenvalue weighted by atomic mass is 35.5. The molecule has 3 N–H and O–H groups in total.